The number of hydrogen-bond acceptors (Lipinski definition) is 4. The molecule has 26 heavy (non-hydrogen) atoms. The molecule has 144 valence electrons. The van der Waals surface area contributed by atoms with Crippen LogP contribution in [0.15, 0.2) is 24.3 Å². The van der Waals surface area contributed by atoms with Gasteiger partial charge in [0.2, 0.25) is 11.8 Å². The Labute approximate surface area is 161 Å². The molecule has 1 fully saturated rings. The summed E-state index contributed by atoms with van der Waals surface area (Å²) in [5.74, 6) is 0.980. The van der Waals surface area contributed by atoms with E-state index in [4.69, 9.17) is 4.74 Å². The van der Waals surface area contributed by atoms with E-state index in [0.29, 0.717) is 13.1 Å². The normalized spacial score (nSPS) is 20.2. The third-order valence-corrected chi connectivity index (χ3v) is 6.01. The van der Waals surface area contributed by atoms with E-state index in [-0.39, 0.29) is 34.4 Å². The molecule has 0 bridgehead atoms. The molecule has 1 saturated heterocycles. The molecular formula is C20H30N2O3S. The number of ether oxygens (including phenoxy) is 1. The highest BCUT2D eigenvalue weighted by atomic mass is 32.2. The fourth-order valence-electron chi connectivity index (χ4n) is 3.18. The lowest BCUT2D eigenvalue weighted by molar-refractivity contribution is -0.138. The number of rotatable bonds is 7. The minimum absolute atomic E-state index is 0.0509. The van der Waals surface area contributed by atoms with Crippen molar-refractivity contribution in [2.45, 2.75) is 51.3 Å². The van der Waals surface area contributed by atoms with Crippen LogP contribution in [-0.2, 0) is 9.59 Å². The summed E-state index contributed by atoms with van der Waals surface area (Å²) in [6.07, 6.45) is 0. The van der Waals surface area contributed by atoms with Crippen molar-refractivity contribution >= 4 is 23.6 Å². The van der Waals surface area contributed by atoms with Crippen molar-refractivity contribution in [1.82, 2.24) is 9.80 Å². The maximum Gasteiger partial charge on any atom is 0.236 e. The van der Waals surface area contributed by atoms with Crippen LogP contribution in [0.5, 0.6) is 5.75 Å². The van der Waals surface area contributed by atoms with Gasteiger partial charge >= 0.3 is 0 Å². The van der Waals surface area contributed by atoms with Gasteiger partial charge in [0.1, 0.15) is 11.1 Å². The predicted molar refractivity (Wildman–Crippen MR) is 106 cm³/mol. The molecular weight excluding hydrogens is 348 g/mol. The molecule has 1 aromatic carbocycles. The summed E-state index contributed by atoms with van der Waals surface area (Å²) < 4.78 is 5.49. The zero-order valence-electron chi connectivity index (χ0n) is 16.6. The summed E-state index contributed by atoms with van der Waals surface area (Å²) in [6.45, 7) is 10.9. The van der Waals surface area contributed by atoms with Crippen molar-refractivity contribution < 1.29 is 14.3 Å². The van der Waals surface area contributed by atoms with Crippen LogP contribution in [0.1, 0.15) is 45.6 Å². The number of carbonyl (C=O) groups is 2. The van der Waals surface area contributed by atoms with Crippen molar-refractivity contribution in [3.8, 4) is 5.75 Å². The molecule has 0 aliphatic carbocycles. The second-order valence-corrected chi connectivity index (χ2v) is 8.61. The molecule has 1 aliphatic heterocycles. The number of nitrogens with zero attached hydrogens (tertiary/aromatic N) is 2. The maximum absolute atomic E-state index is 12.7. The summed E-state index contributed by atoms with van der Waals surface area (Å²) in [7, 11) is 1.65. The van der Waals surface area contributed by atoms with Crippen LogP contribution in [0, 0.1) is 5.92 Å². The van der Waals surface area contributed by atoms with E-state index < -0.39 is 0 Å². The lowest BCUT2D eigenvalue weighted by Gasteiger charge is -2.32. The van der Waals surface area contributed by atoms with Gasteiger partial charge in [-0.1, -0.05) is 32.0 Å². The van der Waals surface area contributed by atoms with Gasteiger partial charge in [0.05, 0.1) is 12.4 Å². The van der Waals surface area contributed by atoms with Gasteiger partial charge in [0.15, 0.2) is 0 Å². The second kappa shape index (κ2) is 8.80. The lowest BCUT2D eigenvalue weighted by Crippen LogP contribution is -2.45. The number of methoxy groups -OCH3 is 1. The molecule has 6 heteroatoms. The largest absolute Gasteiger partial charge is 0.496 e. The van der Waals surface area contributed by atoms with E-state index in [9.17, 15) is 9.59 Å². The van der Waals surface area contributed by atoms with E-state index >= 15 is 0 Å². The topological polar surface area (TPSA) is 49.9 Å². The van der Waals surface area contributed by atoms with Crippen molar-refractivity contribution in [3.63, 3.8) is 0 Å². The standard InChI is InChI=1S/C20H30N2O3S/c1-13(2)18(23)21(14(3)4)11-12-22-19(24)15(5)26-20(22)16-9-7-8-10-17(16)25-6/h7-10,13-15,20H,11-12H2,1-6H3/t15-,20+/m0/s1. The number of amides is 2. The van der Waals surface area contributed by atoms with Crippen molar-refractivity contribution in [1.29, 1.82) is 0 Å². The summed E-state index contributed by atoms with van der Waals surface area (Å²) in [6, 6.07) is 7.93. The molecule has 1 heterocycles. The average molecular weight is 379 g/mol. The fraction of sp³-hybridized carbons (Fsp3) is 0.600. The summed E-state index contributed by atoms with van der Waals surface area (Å²) >= 11 is 1.63. The average Bonchev–Trinajstić information content (AvgIpc) is 2.89. The Hall–Kier alpha value is -1.69. The van der Waals surface area contributed by atoms with E-state index in [1.807, 2.05) is 68.7 Å². The molecule has 0 N–H and O–H groups in total. The molecule has 0 unspecified atom stereocenters. The highest BCUT2D eigenvalue weighted by Crippen LogP contribution is 2.45. The fourth-order valence-corrected chi connectivity index (χ4v) is 4.52. The van der Waals surface area contributed by atoms with Gasteiger partial charge in [-0.2, -0.15) is 0 Å². The van der Waals surface area contributed by atoms with Crippen molar-refractivity contribution in [2.24, 2.45) is 5.92 Å². The second-order valence-electron chi connectivity index (χ2n) is 7.18. The predicted octanol–water partition coefficient (Wildman–Crippen LogP) is 3.55. The van der Waals surface area contributed by atoms with E-state index in [1.165, 1.54) is 0 Å². The van der Waals surface area contributed by atoms with Gasteiger partial charge in [0.25, 0.3) is 0 Å². The summed E-state index contributed by atoms with van der Waals surface area (Å²) in [5, 5.41) is -0.185. The molecule has 2 amide bonds. The molecule has 1 aromatic rings. The highest BCUT2D eigenvalue weighted by Gasteiger charge is 2.39. The third-order valence-electron chi connectivity index (χ3n) is 4.63. The molecule has 0 radical (unpaired) electrons. The van der Waals surface area contributed by atoms with Crippen LogP contribution in [0.2, 0.25) is 0 Å². The summed E-state index contributed by atoms with van der Waals surface area (Å²) in [4.78, 5) is 29.0. The first-order valence-corrected chi connectivity index (χ1v) is 10.1. The van der Waals surface area contributed by atoms with Crippen LogP contribution in [0.4, 0.5) is 0 Å². The first-order chi connectivity index (χ1) is 12.3. The minimum atomic E-state index is -0.0989. The molecule has 1 aliphatic rings. The van der Waals surface area contributed by atoms with Gasteiger partial charge in [-0.15, -0.1) is 11.8 Å². The Morgan fingerprint density at radius 1 is 1.27 bits per heavy atom. The third kappa shape index (κ3) is 4.34. The van der Waals surface area contributed by atoms with Crippen LogP contribution in [0.25, 0.3) is 0 Å². The Balaban J connectivity index is 2.21. The first-order valence-electron chi connectivity index (χ1n) is 9.17. The van der Waals surface area contributed by atoms with Gasteiger partial charge in [-0.3, -0.25) is 9.59 Å². The van der Waals surface area contributed by atoms with E-state index in [0.717, 1.165) is 11.3 Å². The van der Waals surface area contributed by atoms with Crippen LogP contribution in [0.3, 0.4) is 0 Å². The van der Waals surface area contributed by atoms with Gasteiger partial charge < -0.3 is 14.5 Å². The first kappa shape index (κ1) is 20.6. The Kier molecular flexibility index (Phi) is 6.98. The monoisotopic (exact) mass is 378 g/mol. The molecule has 2 rings (SSSR count). The SMILES string of the molecule is COc1ccccc1[C@H]1S[C@@H](C)C(=O)N1CCN(C(=O)C(C)C)C(C)C. The molecule has 0 aromatic heterocycles. The Morgan fingerprint density at radius 2 is 1.92 bits per heavy atom. The minimum Gasteiger partial charge on any atom is -0.496 e. The van der Waals surface area contributed by atoms with Crippen LogP contribution in [-0.4, -0.2) is 53.1 Å². The Bertz CT molecular complexity index is 648. The maximum atomic E-state index is 12.7. The molecule has 0 saturated carbocycles. The van der Waals surface area contributed by atoms with Crippen LogP contribution < -0.4 is 4.74 Å². The number of benzene rings is 1. The molecule has 2 atom stereocenters. The van der Waals surface area contributed by atoms with Gasteiger partial charge in [0, 0.05) is 30.6 Å². The summed E-state index contributed by atoms with van der Waals surface area (Å²) in [5.41, 5.74) is 1.00. The zero-order chi connectivity index (χ0) is 19.4. The number of thioether (sulfide) groups is 1. The van der Waals surface area contributed by atoms with Gasteiger partial charge in [-0.05, 0) is 26.8 Å². The molecule has 0 spiro atoms. The van der Waals surface area contributed by atoms with E-state index in [2.05, 4.69) is 0 Å². The van der Waals surface area contributed by atoms with Gasteiger partial charge in [-0.25, -0.2) is 0 Å². The smallest absolute Gasteiger partial charge is 0.236 e. The van der Waals surface area contributed by atoms with E-state index in [1.54, 1.807) is 18.9 Å². The number of hydrogen-bond donors (Lipinski definition) is 0. The quantitative estimate of drug-likeness (QED) is 0.728. The molecule has 5 nitrogen and oxygen atoms in total. The highest BCUT2D eigenvalue weighted by molar-refractivity contribution is 8.01. The van der Waals surface area contributed by atoms with Crippen molar-refractivity contribution in [3.05, 3.63) is 29.8 Å². The number of carbonyl (C=O) groups excluding carboxylic acids is 2. The Morgan fingerprint density at radius 3 is 2.50 bits per heavy atom. The number of para-hydroxylation sites is 1. The zero-order valence-corrected chi connectivity index (χ0v) is 17.4. The van der Waals surface area contributed by atoms with Crippen LogP contribution >= 0.6 is 11.8 Å². The lowest BCUT2D eigenvalue weighted by atomic mass is 10.1. The van der Waals surface area contributed by atoms with Crippen molar-refractivity contribution in [2.75, 3.05) is 20.2 Å².